The van der Waals surface area contributed by atoms with Gasteiger partial charge < -0.3 is 20.4 Å². The van der Waals surface area contributed by atoms with Crippen molar-refractivity contribution < 1.29 is 13.9 Å². The summed E-state index contributed by atoms with van der Waals surface area (Å²) in [6.45, 7) is 0.996. The van der Waals surface area contributed by atoms with Crippen molar-refractivity contribution in [1.82, 2.24) is 4.98 Å². The molecular formula is C19H17FN4O2. The zero-order valence-electron chi connectivity index (χ0n) is 14.0. The lowest BCUT2D eigenvalue weighted by atomic mass is 10.0. The third-order valence-electron chi connectivity index (χ3n) is 4.81. The predicted molar refractivity (Wildman–Crippen MR) is 96.4 cm³/mol. The molecule has 26 heavy (non-hydrogen) atoms. The maximum atomic E-state index is 15.0. The van der Waals surface area contributed by atoms with Crippen molar-refractivity contribution in [2.45, 2.75) is 18.9 Å². The van der Waals surface area contributed by atoms with Crippen LogP contribution in [-0.2, 0) is 4.74 Å². The van der Waals surface area contributed by atoms with Crippen LogP contribution < -0.4 is 10.6 Å². The van der Waals surface area contributed by atoms with Crippen LogP contribution in [0.15, 0.2) is 30.3 Å². The Labute approximate surface area is 148 Å². The molecule has 6 nitrogen and oxygen atoms in total. The summed E-state index contributed by atoms with van der Waals surface area (Å²) in [5, 5.41) is 10.9. The smallest absolute Gasteiger partial charge is 0.404 e. The van der Waals surface area contributed by atoms with Crippen LogP contribution in [-0.4, -0.2) is 30.3 Å². The summed E-state index contributed by atoms with van der Waals surface area (Å²) in [7, 11) is 0. The number of rotatable bonds is 2. The van der Waals surface area contributed by atoms with Gasteiger partial charge in [-0.1, -0.05) is 18.2 Å². The molecule has 1 aliphatic rings. The van der Waals surface area contributed by atoms with Crippen molar-refractivity contribution in [2.24, 2.45) is 5.73 Å². The van der Waals surface area contributed by atoms with Crippen molar-refractivity contribution in [1.29, 1.82) is 5.26 Å². The van der Waals surface area contributed by atoms with E-state index < -0.39 is 11.9 Å². The van der Waals surface area contributed by atoms with Gasteiger partial charge in [0, 0.05) is 22.8 Å². The third kappa shape index (κ3) is 2.60. The largest absolute Gasteiger partial charge is 0.445 e. The minimum absolute atomic E-state index is 0.263. The van der Waals surface area contributed by atoms with E-state index in [1.54, 1.807) is 0 Å². The van der Waals surface area contributed by atoms with Crippen LogP contribution in [0.5, 0.6) is 0 Å². The van der Waals surface area contributed by atoms with Crippen LogP contribution in [0.3, 0.4) is 0 Å². The highest BCUT2D eigenvalue weighted by atomic mass is 19.1. The zero-order valence-corrected chi connectivity index (χ0v) is 14.0. The number of amides is 1. The maximum Gasteiger partial charge on any atom is 0.404 e. The van der Waals surface area contributed by atoms with Crippen molar-refractivity contribution >= 4 is 33.6 Å². The van der Waals surface area contributed by atoms with Gasteiger partial charge in [0.2, 0.25) is 0 Å². The van der Waals surface area contributed by atoms with E-state index in [2.05, 4.69) is 11.1 Å². The Kier molecular flexibility index (Phi) is 3.88. The third-order valence-corrected chi connectivity index (χ3v) is 4.81. The van der Waals surface area contributed by atoms with E-state index in [-0.39, 0.29) is 11.7 Å². The number of para-hydroxylation sites is 1. The van der Waals surface area contributed by atoms with Crippen LogP contribution in [0.1, 0.15) is 18.4 Å². The highest BCUT2D eigenvalue weighted by Gasteiger charge is 2.27. The first-order valence-electron chi connectivity index (χ1n) is 8.42. The molecule has 1 aromatic heterocycles. The van der Waals surface area contributed by atoms with E-state index in [1.807, 2.05) is 29.2 Å². The van der Waals surface area contributed by atoms with Gasteiger partial charge in [0.1, 0.15) is 18.0 Å². The molecule has 0 bridgehead atoms. The lowest BCUT2D eigenvalue weighted by molar-refractivity contribution is 0.0965. The van der Waals surface area contributed by atoms with Gasteiger partial charge in [-0.2, -0.15) is 5.26 Å². The summed E-state index contributed by atoms with van der Waals surface area (Å²) in [6, 6.07) is 10.9. The fraction of sp³-hybridized carbons (Fsp3) is 0.263. The standard InChI is InChI=1S/C19H17FN4O2/c20-14-8-11(9-21)17-16(13-5-1-2-6-15(13)23-17)18(14)24-7-3-4-12(10-24)26-19(22)25/h1-2,5-6,8,12,23H,3-4,7,10H2,(H2,22,25)/t12-/m0/s1. The Morgan fingerprint density at radius 3 is 3.00 bits per heavy atom. The van der Waals surface area contributed by atoms with Crippen LogP contribution in [0.25, 0.3) is 21.8 Å². The Bertz CT molecular complexity index is 1050. The number of fused-ring (bicyclic) bond motifs is 3. The summed E-state index contributed by atoms with van der Waals surface area (Å²) in [5.74, 6) is -0.460. The number of anilines is 1. The number of H-pyrrole nitrogens is 1. The summed E-state index contributed by atoms with van der Waals surface area (Å²) in [4.78, 5) is 16.2. The van der Waals surface area contributed by atoms with Crippen LogP contribution in [0, 0.1) is 17.1 Å². The zero-order chi connectivity index (χ0) is 18.3. The van der Waals surface area contributed by atoms with Gasteiger partial charge in [-0.3, -0.25) is 0 Å². The number of benzene rings is 2. The fourth-order valence-corrected chi connectivity index (χ4v) is 3.78. The van der Waals surface area contributed by atoms with E-state index in [1.165, 1.54) is 6.07 Å². The lowest BCUT2D eigenvalue weighted by Crippen LogP contribution is -2.41. The average Bonchev–Trinajstić information content (AvgIpc) is 3.00. The monoisotopic (exact) mass is 352 g/mol. The van der Waals surface area contributed by atoms with Gasteiger partial charge in [-0.15, -0.1) is 0 Å². The molecule has 1 fully saturated rings. The number of piperidine rings is 1. The highest BCUT2D eigenvalue weighted by Crippen LogP contribution is 2.38. The summed E-state index contributed by atoms with van der Waals surface area (Å²) >= 11 is 0. The number of ether oxygens (including phenoxy) is 1. The van der Waals surface area contributed by atoms with E-state index in [4.69, 9.17) is 10.5 Å². The molecule has 1 saturated heterocycles. The topological polar surface area (TPSA) is 95.1 Å². The van der Waals surface area contributed by atoms with Crippen molar-refractivity contribution in [2.75, 3.05) is 18.0 Å². The molecule has 132 valence electrons. The molecule has 1 amide bonds. The first kappa shape index (κ1) is 16.2. The summed E-state index contributed by atoms with van der Waals surface area (Å²) in [5.41, 5.74) is 7.27. The van der Waals surface area contributed by atoms with Crippen molar-refractivity contribution in [3.05, 3.63) is 41.7 Å². The number of nitriles is 1. The number of halogens is 1. The number of carbonyl (C=O) groups excluding carboxylic acids is 1. The van der Waals surface area contributed by atoms with Gasteiger partial charge >= 0.3 is 6.09 Å². The summed E-state index contributed by atoms with van der Waals surface area (Å²) < 4.78 is 20.1. The molecule has 2 aromatic carbocycles. The Morgan fingerprint density at radius 1 is 1.42 bits per heavy atom. The highest BCUT2D eigenvalue weighted by molar-refractivity contribution is 6.15. The number of primary amides is 1. The predicted octanol–water partition coefficient (Wildman–Crippen LogP) is 3.40. The van der Waals surface area contributed by atoms with Crippen LogP contribution in [0.4, 0.5) is 14.9 Å². The van der Waals surface area contributed by atoms with Crippen molar-refractivity contribution in [3.8, 4) is 6.07 Å². The van der Waals surface area contributed by atoms with Gasteiger partial charge in [-0.05, 0) is 25.0 Å². The molecule has 3 aromatic rings. The fourth-order valence-electron chi connectivity index (χ4n) is 3.78. The molecule has 2 heterocycles. The first-order chi connectivity index (χ1) is 12.6. The number of hydrogen-bond donors (Lipinski definition) is 2. The molecule has 3 N–H and O–H groups in total. The first-order valence-corrected chi connectivity index (χ1v) is 8.42. The van der Waals surface area contributed by atoms with Gasteiger partial charge in [0.15, 0.2) is 0 Å². The SMILES string of the molecule is N#Cc1cc(F)c(N2CCC[C@H](OC(N)=O)C2)c2c1[nH]c1ccccc12. The second-order valence-electron chi connectivity index (χ2n) is 6.43. The van der Waals surface area contributed by atoms with Gasteiger partial charge in [0.25, 0.3) is 0 Å². The molecule has 0 saturated carbocycles. The molecule has 0 spiro atoms. The molecular weight excluding hydrogens is 335 g/mol. The quantitative estimate of drug-likeness (QED) is 0.739. The minimum atomic E-state index is -0.825. The number of nitrogens with zero attached hydrogens (tertiary/aromatic N) is 2. The van der Waals surface area contributed by atoms with Crippen molar-refractivity contribution in [3.63, 3.8) is 0 Å². The normalized spacial score (nSPS) is 17.4. The molecule has 7 heteroatoms. The van der Waals surface area contributed by atoms with E-state index in [0.717, 1.165) is 17.3 Å². The molecule has 1 atom stereocenters. The van der Waals surface area contributed by atoms with Gasteiger partial charge in [-0.25, -0.2) is 9.18 Å². The Balaban J connectivity index is 1.90. The maximum absolute atomic E-state index is 15.0. The number of aromatic nitrogens is 1. The second kappa shape index (κ2) is 6.23. The van der Waals surface area contributed by atoms with E-state index in [0.29, 0.717) is 36.1 Å². The molecule has 0 aliphatic carbocycles. The van der Waals surface area contributed by atoms with E-state index in [9.17, 15) is 10.1 Å². The molecule has 0 radical (unpaired) electrons. The number of nitrogens with one attached hydrogen (secondary N) is 1. The van der Waals surface area contributed by atoms with Crippen LogP contribution in [0.2, 0.25) is 0 Å². The lowest BCUT2D eigenvalue weighted by Gasteiger charge is -2.34. The van der Waals surface area contributed by atoms with E-state index >= 15 is 4.39 Å². The number of carbonyl (C=O) groups is 1. The number of aromatic amines is 1. The number of hydrogen-bond acceptors (Lipinski definition) is 4. The minimum Gasteiger partial charge on any atom is -0.445 e. The average molecular weight is 352 g/mol. The summed E-state index contributed by atoms with van der Waals surface area (Å²) in [6.07, 6.45) is 0.237. The molecule has 4 rings (SSSR count). The van der Waals surface area contributed by atoms with Crippen LogP contribution >= 0.6 is 0 Å². The molecule has 1 aliphatic heterocycles. The number of nitrogens with two attached hydrogens (primary N) is 1. The Hall–Kier alpha value is -3.27. The molecule has 0 unspecified atom stereocenters. The second-order valence-corrected chi connectivity index (χ2v) is 6.43. The Morgan fingerprint density at radius 2 is 2.23 bits per heavy atom. The van der Waals surface area contributed by atoms with Gasteiger partial charge in [0.05, 0.1) is 23.3 Å².